The van der Waals surface area contributed by atoms with E-state index in [-0.39, 0.29) is 5.78 Å². The van der Waals surface area contributed by atoms with Gasteiger partial charge in [-0.3, -0.25) is 4.79 Å². The number of ketones is 1. The molecular formula is C27H18N4OS. The second-order valence-corrected chi connectivity index (χ2v) is 8.99. The zero-order valence-electron chi connectivity index (χ0n) is 17.7. The van der Waals surface area contributed by atoms with Crippen molar-refractivity contribution >= 4 is 55.0 Å². The van der Waals surface area contributed by atoms with Crippen LogP contribution in [0.4, 0.5) is 5.69 Å². The van der Waals surface area contributed by atoms with Gasteiger partial charge >= 0.3 is 0 Å². The zero-order chi connectivity index (χ0) is 22.5. The average Bonchev–Trinajstić information content (AvgIpc) is 3.19. The standard InChI is InChI=1S/C27H18N4OS/c1-15-11-13-16(14-12-15)20-21-22(28)26(25(32)17-7-3-2-4-8-17)33-27(21)29-23-18-9-5-6-10-19(18)30-31-24(20)23/h2-14H,28H2,1H3. The summed E-state index contributed by atoms with van der Waals surface area (Å²) in [6.45, 7) is 2.05. The Bertz CT molecular complexity index is 1690. The molecule has 3 aromatic carbocycles. The number of nitrogens with zero attached hydrogens (tertiary/aromatic N) is 3. The topological polar surface area (TPSA) is 81.8 Å². The van der Waals surface area contributed by atoms with Crippen LogP contribution in [0.1, 0.15) is 20.8 Å². The summed E-state index contributed by atoms with van der Waals surface area (Å²) in [6.07, 6.45) is 0. The number of hydrogen-bond acceptors (Lipinski definition) is 6. The van der Waals surface area contributed by atoms with Crippen molar-refractivity contribution in [1.29, 1.82) is 0 Å². The van der Waals surface area contributed by atoms with Gasteiger partial charge in [0.1, 0.15) is 20.7 Å². The Kier molecular flexibility index (Phi) is 4.41. The second kappa shape index (κ2) is 7.46. The van der Waals surface area contributed by atoms with Crippen molar-refractivity contribution in [2.75, 3.05) is 5.73 Å². The minimum atomic E-state index is -0.106. The van der Waals surface area contributed by atoms with E-state index < -0.39 is 0 Å². The van der Waals surface area contributed by atoms with Crippen molar-refractivity contribution in [3.8, 4) is 11.1 Å². The van der Waals surface area contributed by atoms with Gasteiger partial charge in [-0.05, 0) is 18.6 Å². The fourth-order valence-electron chi connectivity index (χ4n) is 4.18. The summed E-state index contributed by atoms with van der Waals surface area (Å²) in [5.74, 6) is -0.106. The number of benzene rings is 3. The SMILES string of the molecule is Cc1ccc(-c2c3nnc4ccccc4c3nc3sc(C(=O)c4ccccc4)c(N)c23)cc1. The molecule has 0 amide bonds. The molecule has 0 atom stereocenters. The van der Waals surface area contributed by atoms with Crippen molar-refractivity contribution < 1.29 is 4.79 Å². The number of nitrogens with two attached hydrogens (primary N) is 1. The number of anilines is 1. The molecule has 0 fully saturated rings. The first-order valence-corrected chi connectivity index (χ1v) is 11.4. The quantitative estimate of drug-likeness (QED) is 0.259. The van der Waals surface area contributed by atoms with E-state index in [9.17, 15) is 4.79 Å². The lowest BCUT2D eigenvalue weighted by Crippen LogP contribution is -2.02. The van der Waals surface area contributed by atoms with Crippen LogP contribution >= 0.6 is 11.3 Å². The highest BCUT2D eigenvalue weighted by atomic mass is 32.1. The van der Waals surface area contributed by atoms with E-state index in [0.29, 0.717) is 26.5 Å². The van der Waals surface area contributed by atoms with Crippen LogP contribution in [-0.4, -0.2) is 21.0 Å². The largest absolute Gasteiger partial charge is 0.397 e. The van der Waals surface area contributed by atoms with Crippen LogP contribution in [0.15, 0.2) is 78.9 Å². The van der Waals surface area contributed by atoms with Crippen LogP contribution in [0.25, 0.3) is 43.3 Å². The molecule has 0 saturated carbocycles. The molecular weight excluding hydrogens is 428 g/mol. The molecule has 0 aliphatic carbocycles. The number of nitrogen functional groups attached to an aromatic ring is 1. The second-order valence-electron chi connectivity index (χ2n) is 7.99. The number of thiophene rings is 1. The Morgan fingerprint density at radius 2 is 1.58 bits per heavy atom. The van der Waals surface area contributed by atoms with Crippen LogP contribution < -0.4 is 5.73 Å². The van der Waals surface area contributed by atoms with E-state index in [1.54, 1.807) is 12.1 Å². The first-order valence-electron chi connectivity index (χ1n) is 10.6. The van der Waals surface area contributed by atoms with Gasteiger partial charge in [0.05, 0.1) is 11.2 Å². The fourth-order valence-corrected chi connectivity index (χ4v) is 5.25. The third-order valence-electron chi connectivity index (χ3n) is 5.85. The van der Waals surface area contributed by atoms with Crippen LogP contribution in [0.5, 0.6) is 0 Å². The maximum Gasteiger partial charge on any atom is 0.205 e. The van der Waals surface area contributed by atoms with E-state index in [1.807, 2.05) is 49.4 Å². The smallest absolute Gasteiger partial charge is 0.205 e. The molecule has 0 unspecified atom stereocenters. The molecule has 0 aliphatic heterocycles. The van der Waals surface area contributed by atoms with Gasteiger partial charge in [0.25, 0.3) is 0 Å². The number of fused-ring (bicyclic) bond motifs is 4. The van der Waals surface area contributed by atoms with Gasteiger partial charge in [-0.1, -0.05) is 78.4 Å². The Morgan fingerprint density at radius 1 is 0.848 bits per heavy atom. The average molecular weight is 447 g/mol. The highest BCUT2D eigenvalue weighted by molar-refractivity contribution is 7.21. The number of carbonyl (C=O) groups excluding carboxylic acids is 1. The van der Waals surface area contributed by atoms with E-state index >= 15 is 0 Å². The number of aryl methyl sites for hydroxylation is 1. The lowest BCUT2D eigenvalue weighted by molar-refractivity contribution is 0.104. The summed E-state index contributed by atoms with van der Waals surface area (Å²) < 4.78 is 0. The molecule has 0 saturated heterocycles. The van der Waals surface area contributed by atoms with E-state index in [2.05, 4.69) is 34.5 Å². The van der Waals surface area contributed by atoms with E-state index in [0.717, 1.165) is 38.5 Å². The summed E-state index contributed by atoms with van der Waals surface area (Å²) in [6, 6.07) is 25.2. The molecule has 0 aliphatic rings. The van der Waals surface area contributed by atoms with Crippen molar-refractivity contribution in [2.24, 2.45) is 0 Å². The van der Waals surface area contributed by atoms with Gasteiger partial charge in [0.2, 0.25) is 5.78 Å². The molecule has 2 N–H and O–H groups in total. The minimum Gasteiger partial charge on any atom is -0.397 e. The van der Waals surface area contributed by atoms with Crippen LogP contribution in [0.3, 0.4) is 0 Å². The van der Waals surface area contributed by atoms with Crippen molar-refractivity contribution in [2.45, 2.75) is 6.92 Å². The van der Waals surface area contributed by atoms with Gasteiger partial charge in [0.15, 0.2) is 0 Å². The van der Waals surface area contributed by atoms with E-state index in [4.69, 9.17) is 10.7 Å². The lowest BCUT2D eigenvalue weighted by Gasteiger charge is -2.10. The van der Waals surface area contributed by atoms with Crippen LogP contribution in [0.2, 0.25) is 0 Å². The maximum atomic E-state index is 13.3. The van der Waals surface area contributed by atoms with Crippen molar-refractivity contribution in [3.05, 3.63) is 94.9 Å². The number of aromatic nitrogens is 3. The zero-order valence-corrected chi connectivity index (χ0v) is 18.6. The predicted octanol–water partition coefficient (Wildman–Crippen LogP) is 6.18. The summed E-state index contributed by atoms with van der Waals surface area (Å²) in [7, 11) is 0. The summed E-state index contributed by atoms with van der Waals surface area (Å²) >= 11 is 1.33. The van der Waals surface area contributed by atoms with Gasteiger partial charge in [-0.15, -0.1) is 21.5 Å². The molecule has 0 spiro atoms. The van der Waals surface area contributed by atoms with Gasteiger partial charge in [-0.25, -0.2) is 4.98 Å². The highest BCUT2D eigenvalue weighted by Gasteiger charge is 2.24. The predicted molar refractivity (Wildman–Crippen MR) is 135 cm³/mol. The summed E-state index contributed by atoms with van der Waals surface area (Å²) in [4.78, 5) is 19.5. The Morgan fingerprint density at radius 3 is 2.36 bits per heavy atom. The monoisotopic (exact) mass is 446 g/mol. The number of carbonyl (C=O) groups is 1. The third kappa shape index (κ3) is 3.07. The molecule has 5 nitrogen and oxygen atoms in total. The summed E-state index contributed by atoms with van der Waals surface area (Å²) in [5, 5.41) is 10.7. The molecule has 0 bridgehead atoms. The normalized spacial score (nSPS) is 11.4. The molecule has 158 valence electrons. The molecule has 33 heavy (non-hydrogen) atoms. The molecule has 6 rings (SSSR count). The van der Waals surface area contributed by atoms with E-state index in [1.165, 1.54) is 11.3 Å². The maximum absolute atomic E-state index is 13.3. The Balaban J connectivity index is 1.74. The molecule has 0 radical (unpaired) electrons. The Hall–Kier alpha value is -4.16. The number of rotatable bonds is 3. The third-order valence-corrected chi connectivity index (χ3v) is 6.95. The Labute approximate surface area is 193 Å². The summed E-state index contributed by atoms with van der Waals surface area (Å²) in [5.41, 5.74) is 12.9. The van der Waals surface area contributed by atoms with Gasteiger partial charge in [-0.2, -0.15) is 0 Å². The van der Waals surface area contributed by atoms with Gasteiger partial charge < -0.3 is 5.73 Å². The molecule has 3 aromatic heterocycles. The van der Waals surface area contributed by atoms with Crippen LogP contribution in [0, 0.1) is 6.92 Å². The first-order chi connectivity index (χ1) is 16.1. The first kappa shape index (κ1) is 19.5. The highest BCUT2D eigenvalue weighted by Crippen LogP contribution is 2.43. The molecule has 6 heteroatoms. The lowest BCUT2D eigenvalue weighted by atomic mass is 9.98. The van der Waals surface area contributed by atoms with Gasteiger partial charge in [0, 0.05) is 21.9 Å². The number of pyridine rings is 1. The van der Waals surface area contributed by atoms with Crippen LogP contribution in [-0.2, 0) is 0 Å². The molecule has 6 aromatic rings. The fraction of sp³-hybridized carbons (Fsp3) is 0.0370. The minimum absolute atomic E-state index is 0.106. The van der Waals surface area contributed by atoms with Crippen molar-refractivity contribution in [3.63, 3.8) is 0 Å². The van der Waals surface area contributed by atoms with Crippen molar-refractivity contribution in [1.82, 2.24) is 15.2 Å². The molecule has 3 heterocycles. The number of hydrogen-bond donors (Lipinski definition) is 1.